The molecule has 0 spiro atoms. The summed E-state index contributed by atoms with van der Waals surface area (Å²) in [4.78, 5) is 7.24. The van der Waals surface area contributed by atoms with Gasteiger partial charge in [0.25, 0.3) is 0 Å². The van der Waals surface area contributed by atoms with Gasteiger partial charge in [-0.05, 0) is 65.1 Å². The Labute approximate surface area is 128 Å². The maximum absolute atomic E-state index is 5.92. The summed E-state index contributed by atoms with van der Waals surface area (Å²) in [5.41, 5.74) is 0. The van der Waals surface area contributed by atoms with Crippen LogP contribution in [-0.4, -0.2) is 62.3 Å². The Bertz CT molecular complexity index is 365. The van der Waals surface area contributed by atoms with E-state index < -0.39 is 0 Å². The molecular formula is C16H30N4O. The van der Waals surface area contributed by atoms with Crippen molar-refractivity contribution in [3.05, 3.63) is 0 Å². The predicted molar refractivity (Wildman–Crippen MR) is 85.6 cm³/mol. The quantitative estimate of drug-likeness (QED) is 0.604. The molecule has 0 aromatic carbocycles. The van der Waals surface area contributed by atoms with Gasteiger partial charge in [0, 0.05) is 13.1 Å². The first-order chi connectivity index (χ1) is 10.2. The van der Waals surface area contributed by atoms with Crippen molar-refractivity contribution in [2.24, 2.45) is 10.9 Å². The average molecular weight is 294 g/mol. The number of piperidine rings is 1. The Hall–Kier alpha value is -0.810. The Morgan fingerprint density at radius 1 is 1.24 bits per heavy atom. The van der Waals surface area contributed by atoms with Crippen LogP contribution in [0, 0.1) is 5.92 Å². The molecule has 0 saturated carbocycles. The first-order valence-electron chi connectivity index (χ1n) is 8.63. The van der Waals surface area contributed by atoms with Crippen LogP contribution >= 0.6 is 0 Å². The van der Waals surface area contributed by atoms with Crippen LogP contribution in [0.15, 0.2) is 4.99 Å². The molecule has 120 valence electrons. The highest BCUT2D eigenvalue weighted by atomic mass is 16.5. The molecule has 3 rings (SSSR count). The van der Waals surface area contributed by atoms with Crippen molar-refractivity contribution in [2.45, 2.75) is 57.3 Å². The molecule has 21 heavy (non-hydrogen) atoms. The lowest BCUT2D eigenvalue weighted by Crippen LogP contribution is -2.47. The zero-order valence-corrected chi connectivity index (χ0v) is 13.5. The summed E-state index contributed by atoms with van der Waals surface area (Å²) >= 11 is 0. The van der Waals surface area contributed by atoms with Gasteiger partial charge in [-0.15, -0.1) is 0 Å². The van der Waals surface area contributed by atoms with E-state index in [1.807, 2.05) is 0 Å². The third-order valence-corrected chi connectivity index (χ3v) is 5.12. The van der Waals surface area contributed by atoms with Gasteiger partial charge in [0.15, 0.2) is 5.96 Å². The van der Waals surface area contributed by atoms with Crippen molar-refractivity contribution >= 4 is 5.96 Å². The van der Waals surface area contributed by atoms with Gasteiger partial charge in [0.05, 0.1) is 18.2 Å². The van der Waals surface area contributed by atoms with E-state index in [4.69, 9.17) is 9.73 Å². The van der Waals surface area contributed by atoms with Gasteiger partial charge in [-0.25, -0.2) is 0 Å². The Balaban J connectivity index is 1.50. The summed E-state index contributed by atoms with van der Waals surface area (Å²) < 4.78 is 5.92. The number of hydrogen-bond donors (Lipinski definition) is 2. The van der Waals surface area contributed by atoms with Crippen molar-refractivity contribution in [1.29, 1.82) is 0 Å². The maximum atomic E-state index is 5.92. The molecule has 0 amide bonds. The topological polar surface area (TPSA) is 48.9 Å². The van der Waals surface area contributed by atoms with Crippen molar-refractivity contribution in [1.82, 2.24) is 15.5 Å². The smallest absolute Gasteiger partial charge is 0.191 e. The molecule has 3 heterocycles. The molecule has 0 radical (unpaired) electrons. The zero-order valence-electron chi connectivity index (χ0n) is 13.5. The summed E-state index contributed by atoms with van der Waals surface area (Å²) in [6.45, 7) is 6.42. The highest BCUT2D eigenvalue weighted by Crippen LogP contribution is 2.34. The number of hydrogen-bond acceptors (Lipinski definition) is 3. The highest BCUT2D eigenvalue weighted by molar-refractivity contribution is 5.80. The fourth-order valence-electron chi connectivity index (χ4n) is 3.75. The Morgan fingerprint density at radius 3 is 2.67 bits per heavy atom. The lowest BCUT2D eigenvalue weighted by Gasteiger charge is -2.28. The second-order valence-corrected chi connectivity index (χ2v) is 6.83. The first-order valence-corrected chi connectivity index (χ1v) is 8.63. The number of guanidine groups is 1. The van der Waals surface area contributed by atoms with Gasteiger partial charge in [0.2, 0.25) is 0 Å². The van der Waals surface area contributed by atoms with Gasteiger partial charge in [-0.1, -0.05) is 0 Å². The van der Waals surface area contributed by atoms with Crippen LogP contribution < -0.4 is 10.6 Å². The number of aliphatic imine (C=N–C) groups is 1. The van der Waals surface area contributed by atoms with Crippen LogP contribution in [-0.2, 0) is 4.74 Å². The van der Waals surface area contributed by atoms with Crippen LogP contribution in [0.5, 0.6) is 0 Å². The van der Waals surface area contributed by atoms with Crippen LogP contribution in [0.2, 0.25) is 0 Å². The molecule has 3 atom stereocenters. The number of fused-ring (bicyclic) bond motifs is 2. The standard InChI is InChI=1S/C16H30N4O/c1-3-17-16(18-11-12-6-8-20(2)9-7-12)19-14-10-13-4-5-15(14)21-13/h12-15H,3-11H2,1-2H3,(H2,17,18,19). The maximum Gasteiger partial charge on any atom is 0.191 e. The molecule has 3 aliphatic rings. The molecule has 0 aromatic rings. The van der Waals surface area contributed by atoms with E-state index in [9.17, 15) is 0 Å². The summed E-state index contributed by atoms with van der Waals surface area (Å²) in [6.07, 6.45) is 7.03. The normalized spacial score (nSPS) is 34.4. The minimum atomic E-state index is 0.405. The highest BCUT2D eigenvalue weighted by Gasteiger charge is 2.41. The van der Waals surface area contributed by atoms with Crippen LogP contribution in [0.25, 0.3) is 0 Å². The Kier molecular flexibility index (Phi) is 5.01. The number of ether oxygens (including phenoxy) is 1. The predicted octanol–water partition coefficient (Wildman–Crippen LogP) is 1.20. The van der Waals surface area contributed by atoms with Gasteiger partial charge in [0.1, 0.15) is 0 Å². The van der Waals surface area contributed by atoms with E-state index in [2.05, 4.69) is 29.5 Å². The van der Waals surface area contributed by atoms with E-state index in [-0.39, 0.29) is 0 Å². The van der Waals surface area contributed by atoms with Gasteiger partial charge in [-0.2, -0.15) is 0 Å². The molecule has 5 nitrogen and oxygen atoms in total. The molecule has 0 aliphatic carbocycles. The second-order valence-electron chi connectivity index (χ2n) is 6.83. The summed E-state index contributed by atoms with van der Waals surface area (Å²) in [5.74, 6) is 1.73. The average Bonchev–Trinajstić information content (AvgIpc) is 3.09. The third-order valence-electron chi connectivity index (χ3n) is 5.12. The number of rotatable bonds is 4. The largest absolute Gasteiger partial charge is 0.373 e. The fourth-order valence-corrected chi connectivity index (χ4v) is 3.75. The van der Waals surface area contributed by atoms with Crippen molar-refractivity contribution in [3.8, 4) is 0 Å². The van der Waals surface area contributed by atoms with E-state index in [0.29, 0.717) is 18.2 Å². The number of nitrogens with one attached hydrogen (secondary N) is 2. The molecule has 3 aliphatic heterocycles. The van der Waals surface area contributed by atoms with Crippen molar-refractivity contribution < 1.29 is 4.74 Å². The molecule has 3 saturated heterocycles. The first kappa shape index (κ1) is 15.1. The fraction of sp³-hybridized carbons (Fsp3) is 0.938. The van der Waals surface area contributed by atoms with Crippen LogP contribution in [0.4, 0.5) is 0 Å². The molecule has 3 unspecified atom stereocenters. The SMILES string of the molecule is CCNC(=NCC1CCN(C)CC1)NC1CC2CCC1O2. The van der Waals surface area contributed by atoms with Gasteiger partial charge >= 0.3 is 0 Å². The summed E-state index contributed by atoms with van der Waals surface area (Å²) in [6, 6.07) is 0.457. The molecule has 2 bridgehead atoms. The van der Waals surface area contributed by atoms with Crippen molar-refractivity contribution in [3.63, 3.8) is 0 Å². The van der Waals surface area contributed by atoms with Gasteiger partial charge < -0.3 is 20.3 Å². The minimum Gasteiger partial charge on any atom is -0.373 e. The number of likely N-dealkylation sites (tertiary alicyclic amines) is 1. The Morgan fingerprint density at radius 2 is 2.05 bits per heavy atom. The molecule has 2 N–H and O–H groups in total. The monoisotopic (exact) mass is 294 g/mol. The molecule has 0 aromatic heterocycles. The minimum absolute atomic E-state index is 0.405. The molecule has 3 fully saturated rings. The lowest BCUT2D eigenvalue weighted by atomic mass is 9.95. The van der Waals surface area contributed by atoms with E-state index in [0.717, 1.165) is 31.4 Å². The van der Waals surface area contributed by atoms with Crippen LogP contribution in [0.1, 0.15) is 39.0 Å². The lowest BCUT2D eigenvalue weighted by molar-refractivity contribution is 0.0992. The van der Waals surface area contributed by atoms with Crippen molar-refractivity contribution in [2.75, 3.05) is 33.2 Å². The van der Waals surface area contributed by atoms with Crippen LogP contribution in [0.3, 0.4) is 0 Å². The van der Waals surface area contributed by atoms with E-state index >= 15 is 0 Å². The second kappa shape index (κ2) is 6.97. The van der Waals surface area contributed by atoms with Gasteiger partial charge in [-0.3, -0.25) is 4.99 Å². The molecule has 5 heteroatoms. The van der Waals surface area contributed by atoms with E-state index in [1.165, 1.54) is 38.8 Å². The summed E-state index contributed by atoms with van der Waals surface area (Å²) in [7, 11) is 2.21. The third kappa shape index (κ3) is 3.89. The molecular weight excluding hydrogens is 264 g/mol. The summed E-state index contributed by atoms with van der Waals surface area (Å²) in [5, 5.41) is 6.99. The number of nitrogens with zero attached hydrogens (tertiary/aromatic N) is 2. The zero-order chi connectivity index (χ0) is 14.7. The van der Waals surface area contributed by atoms with E-state index in [1.54, 1.807) is 0 Å².